The van der Waals surface area contributed by atoms with Crippen molar-refractivity contribution in [2.75, 3.05) is 20.2 Å². The molecule has 0 bridgehead atoms. The van der Waals surface area contributed by atoms with Gasteiger partial charge in [-0.15, -0.1) is 0 Å². The van der Waals surface area contributed by atoms with E-state index in [9.17, 15) is 0 Å². The molecule has 0 aliphatic heterocycles. The van der Waals surface area contributed by atoms with Crippen molar-refractivity contribution in [3.63, 3.8) is 0 Å². The Morgan fingerprint density at radius 1 is 1.26 bits per heavy atom. The summed E-state index contributed by atoms with van der Waals surface area (Å²) >= 11 is 6.15. The molecular weight excluding hydrogens is 258 g/mol. The molecule has 0 aliphatic carbocycles. The van der Waals surface area contributed by atoms with Crippen LogP contribution >= 0.6 is 11.6 Å². The zero-order valence-corrected chi connectivity index (χ0v) is 13.3. The first-order chi connectivity index (χ1) is 8.98. The lowest BCUT2D eigenvalue weighted by molar-refractivity contribution is 0.303. The summed E-state index contributed by atoms with van der Waals surface area (Å²) in [6.07, 6.45) is 3.43. The van der Waals surface area contributed by atoms with E-state index in [1.165, 1.54) is 18.4 Å². The number of ether oxygens (including phenoxy) is 1. The summed E-state index contributed by atoms with van der Waals surface area (Å²) in [7, 11) is 1.64. The molecule has 0 unspecified atom stereocenters. The van der Waals surface area contributed by atoms with Crippen molar-refractivity contribution in [1.82, 2.24) is 5.32 Å². The summed E-state index contributed by atoms with van der Waals surface area (Å²) in [5, 5.41) is 4.09. The van der Waals surface area contributed by atoms with Gasteiger partial charge >= 0.3 is 0 Å². The second-order valence-corrected chi connectivity index (χ2v) is 6.14. The van der Waals surface area contributed by atoms with Gasteiger partial charge in [0.1, 0.15) is 5.75 Å². The van der Waals surface area contributed by atoms with Gasteiger partial charge in [0.25, 0.3) is 0 Å². The number of hydrogen-bond donors (Lipinski definition) is 1. The lowest BCUT2D eigenvalue weighted by Crippen LogP contribution is -2.22. The average molecular weight is 284 g/mol. The fourth-order valence-corrected chi connectivity index (χ4v) is 2.36. The first-order valence-electron chi connectivity index (χ1n) is 7.01. The second kappa shape index (κ2) is 7.76. The first kappa shape index (κ1) is 16.3. The van der Waals surface area contributed by atoms with Gasteiger partial charge in [-0.05, 0) is 55.5 Å². The van der Waals surface area contributed by atoms with Crippen LogP contribution in [0.4, 0.5) is 0 Å². The standard InChI is InChI=1S/C16H26ClNO/c1-5-18-11-10-16(2,3)9-8-13-6-7-15(19-4)14(17)12-13/h6-7,12,18H,5,8-11H2,1-4H3. The Balaban J connectivity index is 2.49. The second-order valence-electron chi connectivity index (χ2n) is 5.74. The van der Waals surface area contributed by atoms with Gasteiger partial charge in [0.15, 0.2) is 0 Å². The van der Waals surface area contributed by atoms with E-state index in [0.29, 0.717) is 10.4 Å². The number of halogens is 1. The monoisotopic (exact) mass is 283 g/mol. The Bertz CT molecular complexity index is 390. The van der Waals surface area contributed by atoms with Gasteiger partial charge in [0, 0.05) is 0 Å². The predicted octanol–water partition coefficient (Wildman–Crippen LogP) is 4.31. The van der Waals surface area contributed by atoms with E-state index < -0.39 is 0 Å². The highest BCUT2D eigenvalue weighted by Gasteiger charge is 2.17. The summed E-state index contributed by atoms with van der Waals surface area (Å²) in [4.78, 5) is 0. The largest absolute Gasteiger partial charge is 0.495 e. The van der Waals surface area contributed by atoms with Crippen LogP contribution < -0.4 is 10.1 Å². The fraction of sp³-hybridized carbons (Fsp3) is 0.625. The Morgan fingerprint density at radius 2 is 2.00 bits per heavy atom. The molecular formula is C16H26ClNO. The highest BCUT2D eigenvalue weighted by atomic mass is 35.5. The van der Waals surface area contributed by atoms with Crippen molar-refractivity contribution in [2.45, 2.75) is 40.0 Å². The SMILES string of the molecule is CCNCCC(C)(C)CCc1ccc(OC)c(Cl)c1. The van der Waals surface area contributed by atoms with Crippen molar-refractivity contribution in [3.8, 4) is 5.75 Å². The first-order valence-corrected chi connectivity index (χ1v) is 7.39. The molecule has 1 rings (SSSR count). The van der Waals surface area contributed by atoms with Crippen LogP contribution in [0.15, 0.2) is 18.2 Å². The van der Waals surface area contributed by atoms with Gasteiger partial charge in [0.2, 0.25) is 0 Å². The van der Waals surface area contributed by atoms with Gasteiger partial charge < -0.3 is 10.1 Å². The number of hydrogen-bond acceptors (Lipinski definition) is 2. The van der Waals surface area contributed by atoms with Crippen LogP contribution in [0.25, 0.3) is 0 Å². The third-order valence-electron chi connectivity index (χ3n) is 3.54. The zero-order valence-electron chi connectivity index (χ0n) is 12.6. The number of rotatable bonds is 8. The number of nitrogens with one attached hydrogen (secondary N) is 1. The van der Waals surface area contributed by atoms with E-state index in [2.05, 4.69) is 32.2 Å². The van der Waals surface area contributed by atoms with E-state index in [0.717, 1.165) is 25.3 Å². The molecule has 0 amide bonds. The average Bonchev–Trinajstić information content (AvgIpc) is 2.37. The third kappa shape index (κ3) is 5.84. The van der Waals surface area contributed by atoms with Gasteiger partial charge in [-0.1, -0.05) is 38.4 Å². The highest BCUT2D eigenvalue weighted by Crippen LogP contribution is 2.29. The molecule has 1 aromatic rings. The van der Waals surface area contributed by atoms with Crippen LogP contribution in [0.2, 0.25) is 5.02 Å². The number of benzene rings is 1. The van der Waals surface area contributed by atoms with Gasteiger partial charge in [-0.25, -0.2) is 0 Å². The topological polar surface area (TPSA) is 21.3 Å². The maximum Gasteiger partial charge on any atom is 0.137 e. The summed E-state index contributed by atoms with van der Waals surface area (Å²) < 4.78 is 5.17. The van der Waals surface area contributed by atoms with Gasteiger partial charge in [-0.3, -0.25) is 0 Å². The van der Waals surface area contributed by atoms with E-state index >= 15 is 0 Å². The minimum Gasteiger partial charge on any atom is -0.495 e. The molecule has 2 nitrogen and oxygen atoms in total. The van der Waals surface area contributed by atoms with Crippen LogP contribution in [0.1, 0.15) is 39.2 Å². The Kier molecular flexibility index (Phi) is 6.67. The molecule has 0 aliphatic rings. The van der Waals surface area contributed by atoms with Gasteiger partial charge in [-0.2, -0.15) is 0 Å². The molecule has 1 aromatic carbocycles. The molecule has 0 spiro atoms. The molecule has 0 atom stereocenters. The summed E-state index contributed by atoms with van der Waals surface area (Å²) in [5.41, 5.74) is 1.64. The third-order valence-corrected chi connectivity index (χ3v) is 3.83. The molecule has 0 aromatic heterocycles. The summed E-state index contributed by atoms with van der Waals surface area (Å²) in [6, 6.07) is 6.06. The quantitative estimate of drug-likeness (QED) is 0.718. The van der Waals surface area contributed by atoms with Crippen LogP contribution in [0.5, 0.6) is 5.75 Å². The van der Waals surface area contributed by atoms with Crippen molar-refractivity contribution in [1.29, 1.82) is 0 Å². The lowest BCUT2D eigenvalue weighted by Gasteiger charge is -2.24. The van der Waals surface area contributed by atoms with Gasteiger partial charge in [0.05, 0.1) is 12.1 Å². The summed E-state index contributed by atoms with van der Waals surface area (Å²) in [6.45, 7) is 8.94. The van der Waals surface area contributed by atoms with Crippen LogP contribution in [0, 0.1) is 5.41 Å². The van der Waals surface area contributed by atoms with Crippen LogP contribution in [0.3, 0.4) is 0 Å². The fourth-order valence-electron chi connectivity index (χ4n) is 2.08. The Morgan fingerprint density at radius 3 is 2.58 bits per heavy atom. The van der Waals surface area contributed by atoms with E-state index in [1.54, 1.807) is 7.11 Å². The van der Waals surface area contributed by atoms with E-state index in [1.807, 2.05) is 12.1 Å². The van der Waals surface area contributed by atoms with Crippen LogP contribution in [-0.4, -0.2) is 20.2 Å². The maximum absolute atomic E-state index is 6.15. The summed E-state index contributed by atoms with van der Waals surface area (Å²) in [5.74, 6) is 0.747. The number of aryl methyl sites for hydroxylation is 1. The van der Waals surface area contributed by atoms with Crippen molar-refractivity contribution < 1.29 is 4.74 Å². The normalized spacial score (nSPS) is 11.6. The minimum atomic E-state index is 0.356. The zero-order chi connectivity index (χ0) is 14.3. The highest BCUT2D eigenvalue weighted by molar-refractivity contribution is 6.32. The molecule has 0 saturated carbocycles. The van der Waals surface area contributed by atoms with E-state index in [4.69, 9.17) is 16.3 Å². The van der Waals surface area contributed by atoms with Crippen molar-refractivity contribution in [3.05, 3.63) is 28.8 Å². The molecule has 1 N–H and O–H groups in total. The Labute approximate surface area is 122 Å². The lowest BCUT2D eigenvalue weighted by atomic mass is 9.83. The van der Waals surface area contributed by atoms with E-state index in [-0.39, 0.29) is 0 Å². The molecule has 108 valence electrons. The molecule has 0 fully saturated rings. The van der Waals surface area contributed by atoms with Crippen molar-refractivity contribution in [2.24, 2.45) is 5.41 Å². The van der Waals surface area contributed by atoms with Crippen LogP contribution in [-0.2, 0) is 6.42 Å². The molecule has 0 radical (unpaired) electrons. The molecule has 0 heterocycles. The maximum atomic E-state index is 6.15. The molecule has 0 saturated heterocycles. The number of methoxy groups -OCH3 is 1. The predicted molar refractivity (Wildman–Crippen MR) is 83.3 cm³/mol. The Hall–Kier alpha value is -0.730. The van der Waals surface area contributed by atoms with Crippen molar-refractivity contribution >= 4 is 11.6 Å². The smallest absolute Gasteiger partial charge is 0.137 e. The molecule has 19 heavy (non-hydrogen) atoms. The molecule has 3 heteroatoms. The minimum absolute atomic E-state index is 0.356.